The molecule has 62 heavy (non-hydrogen) atoms. The number of aliphatic hydroxyl groups is 1. The Balaban J connectivity index is 2.17. The van der Waals surface area contributed by atoms with Crippen molar-refractivity contribution >= 4 is 47.3 Å². The molecule has 0 radical (unpaired) electrons. The molecule has 340 valence electrons. The van der Waals surface area contributed by atoms with Crippen LogP contribution >= 0.6 is 0 Å². The Labute approximate surface area is 356 Å². The maximum absolute atomic E-state index is 13.5. The monoisotopic (exact) mass is 872 g/mol. The molecule has 2 rings (SSSR count). The summed E-state index contributed by atoms with van der Waals surface area (Å²) < 4.78 is 0. The van der Waals surface area contributed by atoms with Crippen molar-refractivity contribution in [3.05, 3.63) is 75.8 Å². The number of unbranched alkanes of at least 4 members (excludes halogenated alkanes) is 1. The fourth-order valence-electron chi connectivity index (χ4n) is 5.83. The third-order valence-corrected chi connectivity index (χ3v) is 9.31. The van der Waals surface area contributed by atoms with Crippen LogP contribution in [0.1, 0.15) is 64.0 Å². The molecule has 0 aromatic heterocycles. The molecule has 8 atom stereocenters. The van der Waals surface area contributed by atoms with Gasteiger partial charge in [-0.05, 0) is 76.3 Å². The zero-order chi connectivity index (χ0) is 46.5. The summed E-state index contributed by atoms with van der Waals surface area (Å²) in [7, 11) is 0. The van der Waals surface area contributed by atoms with Gasteiger partial charge in [0.15, 0.2) is 11.1 Å². The first-order valence-corrected chi connectivity index (χ1v) is 19.7. The number of phenolic OH excluding ortho intramolecular Hbond substituents is 1. The van der Waals surface area contributed by atoms with Gasteiger partial charge < -0.3 is 58.7 Å². The molecule has 14 N–H and O–H groups in total. The second kappa shape index (κ2) is 25.7. The average molecular weight is 873 g/mol. The number of carboxylic acid groups (broad SMARTS) is 1. The van der Waals surface area contributed by atoms with Gasteiger partial charge in [-0.2, -0.15) is 0 Å². The highest BCUT2D eigenvalue weighted by molar-refractivity contribution is 5.97. The lowest BCUT2D eigenvalue weighted by atomic mass is 10.0. The molecule has 2 aromatic rings. The largest absolute Gasteiger partial charge is 0.508 e. The number of carboxylic acids is 1. The van der Waals surface area contributed by atoms with Crippen LogP contribution in [0.3, 0.4) is 0 Å². The number of amides is 7. The number of primary amides is 1. The highest BCUT2D eigenvalue weighted by atomic mass is 16.7. The van der Waals surface area contributed by atoms with Gasteiger partial charge in [0, 0.05) is 19.3 Å². The van der Waals surface area contributed by atoms with Crippen LogP contribution in [0.25, 0.3) is 0 Å². The van der Waals surface area contributed by atoms with Crippen molar-refractivity contribution < 1.29 is 58.7 Å². The fraction of sp³-hybridized carbons (Fsp3) is 0.487. The third-order valence-electron chi connectivity index (χ3n) is 9.31. The third kappa shape index (κ3) is 18.2. The van der Waals surface area contributed by atoms with E-state index in [9.17, 15) is 63.8 Å². The molecule has 0 bridgehead atoms. The number of hydrazine groups is 1. The van der Waals surface area contributed by atoms with Crippen LogP contribution in [0.5, 0.6) is 5.75 Å². The van der Waals surface area contributed by atoms with Crippen LogP contribution in [0, 0.1) is 10.1 Å². The van der Waals surface area contributed by atoms with Gasteiger partial charge in [-0.15, -0.1) is 5.43 Å². The lowest BCUT2D eigenvalue weighted by Gasteiger charge is -2.26. The SMILES string of the molecule is C[C@H](NC(=O)[C@H](CCC(N)=O)NC(=O)[C@H](C)NC(=O)[C@@H](NC(=O)[C@H](Cc1ccc(O)cc1)N[N+](=O)[O-])[C@@H](C)O)C(=O)N[C@@H](Cc1ccccc1)C(=O)N[C@@H](CCCCN)C(=O)O. The number of nitro groups is 1. The van der Waals surface area contributed by atoms with E-state index in [2.05, 4.69) is 31.9 Å². The number of aliphatic hydroxyl groups excluding tert-OH is 1. The zero-order valence-corrected chi connectivity index (χ0v) is 34.5. The number of hydrogen-bond donors (Lipinski definition) is 12. The fourth-order valence-corrected chi connectivity index (χ4v) is 5.83. The van der Waals surface area contributed by atoms with Crippen LogP contribution in [-0.4, -0.2) is 123 Å². The molecular weight excluding hydrogens is 816 g/mol. The predicted molar refractivity (Wildman–Crippen MR) is 219 cm³/mol. The Hall–Kier alpha value is -6.88. The summed E-state index contributed by atoms with van der Waals surface area (Å²) in [4.78, 5) is 115. The van der Waals surface area contributed by atoms with Crippen molar-refractivity contribution in [1.82, 2.24) is 37.3 Å². The second-order valence-electron chi connectivity index (χ2n) is 14.5. The summed E-state index contributed by atoms with van der Waals surface area (Å²) in [5.74, 6) is -8.00. The van der Waals surface area contributed by atoms with Crippen molar-refractivity contribution in [1.29, 1.82) is 0 Å². The maximum Gasteiger partial charge on any atom is 0.326 e. The van der Waals surface area contributed by atoms with E-state index in [0.717, 1.165) is 6.92 Å². The van der Waals surface area contributed by atoms with E-state index in [1.165, 1.54) is 38.1 Å². The summed E-state index contributed by atoms with van der Waals surface area (Å²) in [6, 6.07) is 3.77. The van der Waals surface area contributed by atoms with Crippen molar-refractivity contribution in [2.24, 2.45) is 11.5 Å². The van der Waals surface area contributed by atoms with Crippen molar-refractivity contribution in [2.75, 3.05) is 6.54 Å². The van der Waals surface area contributed by atoms with E-state index in [4.69, 9.17) is 11.5 Å². The van der Waals surface area contributed by atoms with E-state index < -0.39 is 107 Å². The summed E-state index contributed by atoms with van der Waals surface area (Å²) in [6.07, 6.45) is -1.64. The smallest absolute Gasteiger partial charge is 0.326 e. The van der Waals surface area contributed by atoms with Gasteiger partial charge in [0.1, 0.15) is 42.0 Å². The van der Waals surface area contributed by atoms with Crippen LogP contribution in [0.15, 0.2) is 54.6 Å². The lowest BCUT2D eigenvalue weighted by molar-refractivity contribution is -0.548. The normalized spacial score (nSPS) is 14.7. The number of carbonyl (C=O) groups is 8. The predicted octanol–water partition coefficient (Wildman–Crippen LogP) is -2.86. The van der Waals surface area contributed by atoms with Gasteiger partial charge in [-0.3, -0.25) is 33.6 Å². The topological polar surface area (TPSA) is 377 Å². The molecule has 0 saturated carbocycles. The molecule has 0 spiro atoms. The van der Waals surface area contributed by atoms with Crippen LogP contribution in [0.4, 0.5) is 0 Å². The standard InChI is InChI=1S/C39H56N10O13/c1-21(34(54)46-29(19-24-9-5-4-6-10-24)36(56)45-28(39(59)60)11-7-8-18-40)42-35(55)27(16-17-31(41)52)44-33(53)22(2)43-38(58)32(23(3)50)47-37(57)30(48-49(61)62)20-25-12-14-26(51)15-13-25/h4-6,9-10,12-15,21-23,27-30,32,48,50-51H,7-8,11,16-20,40H2,1-3H3,(H2,41,52)(H,42,55)(H,43,58)(H,44,53)(H,45,56)(H,46,54)(H,47,57)(H,59,60)/t21-,22-,23+,27-,28-,29-,30-,32-/m0/s1. The number of benzene rings is 2. The Morgan fingerprint density at radius 3 is 1.68 bits per heavy atom. The Bertz CT molecular complexity index is 1870. The highest BCUT2D eigenvalue weighted by Crippen LogP contribution is 2.12. The first-order valence-electron chi connectivity index (χ1n) is 19.7. The number of aliphatic carboxylic acids is 1. The summed E-state index contributed by atoms with van der Waals surface area (Å²) in [5.41, 5.74) is 13.7. The molecule has 0 aliphatic carbocycles. The van der Waals surface area contributed by atoms with Gasteiger partial charge in [-0.25, -0.2) is 14.9 Å². The van der Waals surface area contributed by atoms with Crippen LogP contribution in [0.2, 0.25) is 0 Å². The summed E-state index contributed by atoms with van der Waals surface area (Å²) in [5, 5.41) is 54.1. The number of phenols is 1. The number of rotatable bonds is 27. The minimum atomic E-state index is -1.74. The van der Waals surface area contributed by atoms with E-state index >= 15 is 0 Å². The minimum Gasteiger partial charge on any atom is -0.508 e. The number of hydrogen-bond acceptors (Lipinski definition) is 13. The molecule has 23 nitrogen and oxygen atoms in total. The Morgan fingerprint density at radius 2 is 1.15 bits per heavy atom. The Morgan fingerprint density at radius 1 is 0.645 bits per heavy atom. The number of nitrogens with two attached hydrogens (primary N) is 2. The first-order chi connectivity index (χ1) is 29.2. The second-order valence-corrected chi connectivity index (χ2v) is 14.5. The van der Waals surface area contributed by atoms with Crippen molar-refractivity contribution in [3.8, 4) is 5.75 Å². The van der Waals surface area contributed by atoms with Crippen LogP contribution < -0.4 is 48.8 Å². The van der Waals surface area contributed by atoms with Gasteiger partial charge in [-0.1, -0.05) is 42.5 Å². The summed E-state index contributed by atoms with van der Waals surface area (Å²) in [6.45, 7) is 3.93. The molecular formula is C39H56N10O13. The molecule has 7 amide bonds. The number of nitrogens with zero attached hydrogens (tertiary/aromatic N) is 1. The average Bonchev–Trinajstić information content (AvgIpc) is 3.20. The molecule has 2 aromatic carbocycles. The number of nitrogens with one attached hydrogen (secondary N) is 7. The van der Waals surface area contributed by atoms with Gasteiger partial charge in [0.25, 0.3) is 0 Å². The molecule has 0 aliphatic heterocycles. The number of carbonyl (C=O) groups excluding carboxylic acids is 7. The van der Waals surface area contributed by atoms with Gasteiger partial charge in [0.2, 0.25) is 41.4 Å². The molecule has 0 saturated heterocycles. The Kier molecular flexibility index (Phi) is 21.2. The quantitative estimate of drug-likeness (QED) is 0.0244. The van der Waals surface area contributed by atoms with E-state index in [0.29, 0.717) is 30.5 Å². The highest BCUT2D eigenvalue weighted by Gasteiger charge is 2.34. The van der Waals surface area contributed by atoms with Crippen molar-refractivity contribution in [3.63, 3.8) is 0 Å². The lowest BCUT2D eigenvalue weighted by Crippen LogP contribution is -2.61. The van der Waals surface area contributed by atoms with E-state index in [-0.39, 0.29) is 31.4 Å². The van der Waals surface area contributed by atoms with Crippen molar-refractivity contribution in [2.45, 2.75) is 114 Å². The molecule has 0 fully saturated rings. The van der Waals surface area contributed by atoms with Crippen LogP contribution in [-0.2, 0) is 51.2 Å². The molecule has 0 heterocycles. The number of aromatic hydroxyl groups is 1. The zero-order valence-electron chi connectivity index (χ0n) is 34.5. The minimum absolute atomic E-state index is 0.0507. The molecule has 0 unspecified atom stereocenters. The molecule has 0 aliphatic rings. The van der Waals surface area contributed by atoms with Gasteiger partial charge in [0.05, 0.1) is 6.10 Å². The molecule has 23 heteroatoms. The maximum atomic E-state index is 13.5. The van der Waals surface area contributed by atoms with E-state index in [1.54, 1.807) is 30.3 Å². The van der Waals surface area contributed by atoms with Gasteiger partial charge >= 0.3 is 5.97 Å². The van der Waals surface area contributed by atoms with E-state index in [1.807, 2.05) is 5.43 Å². The first kappa shape index (κ1) is 51.3. The summed E-state index contributed by atoms with van der Waals surface area (Å²) >= 11 is 0.